The molecule has 0 atom stereocenters. The van der Waals surface area contributed by atoms with Crippen LogP contribution in [0.2, 0.25) is 0 Å². The Balaban J connectivity index is 1.48. The highest BCUT2D eigenvalue weighted by molar-refractivity contribution is 6.02. The molecular weight excluding hydrogens is 382 g/mol. The number of carbonyl (C=O) groups is 2. The highest BCUT2D eigenvalue weighted by Gasteiger charge is 2.32. The highest BCUT2D eigenvalue weighted by atomic mass is 16.5. The topological polar surface area (TPSA) is 79.9 Å². The van der Waals surface area contributed by atoms with Crippen LogP contribution in [0.15, 0.2) is 36.4 Å². The molecule has 158 valence electrons. The van der Waals surface area contributed by atoms with E-state index in [-0.39, 0.29) is 11.8 Å². The van der Waals surface area contributed by atoms with Crippen LogP contribution in [0, 0.1) is 5.92 Å². The lowest BCUT2D eigenvalue weighted by Gasteiger charge is -2.21. The van der Waals surface area contributed by atoms with E-state index in [9.17, 15) is 9.59 Å². The molecule has 7 heteroatoms. The number of benzene rings is 2. The van der Waals surface area contributed by atoms with Gasteiger partial charge < -0.3 is 25.0 Å². The molecule has 0 bridgehead atoms. The van der Waals surface area contributed by atoms with E-state index in [2.05, 4.69) is 10.6 Å². The van der Waals surface area contributed by atoms with Crippen molar-refractivity contribution in [1.82, 2.24) is 0 Å². The highest BCUT2D eigenvalue weighted by Crippen LogP contribution is 2.36. The maximum absolute atomic E-state index is 12.9. The van der Waals surface area contributed by atoms with Crippen molar-refractivity contribution in [1.29, 1.82) is 0 Å². The van der Waals surface area contributed by atoms with Crippen LogP contribution in [-0.2, 0) is 11.2 Å². The zero-order valence-electron chi connectivity index (χ0n) is 17.4. The van der Waals surface area contributed by atoms with Gasteiger partial charge in [0.15, 0.2) is 11.5 Å². The first kappa shape index (κ1) is 20.1. The first-order valence-electron chi connectivity index (χ1n) is 10.3. The Morgan fingerprint density at radius 2 is 1.83 bits per heavy atom. The second kappa shape index (κ2) is 8.65. The summed E-state index contributed by atoms with van der Waals surface area (Å²) in [5.41, 5.74) is 3.19. The molecule has 1 aliphatic carbocycles. The number of urea groups is 1. The first-order chi connectivity index (χ1) is 14.6. The SMILES string of the molecule is COc1cccc(NC(=O)Nc2ccc3c(c2)N(C(=O)C2CCCC2)CC3)c1OC. The van der Waals surface area contributed by atoms with Gasteiger partial charge in [0.25, 0.3) is 0 Å². The fourth-order valence-electron chi connectivity index (χ4n) is 4.35. The van der Waals surface area contributed by atoms with Crippen LogP contribution in [0.4, 0.5) is 21.9 Å². The van der Waals surface area contributed by atoms with Crippen LogP contribution in [0.5, 0.6) is 11.5 Å². The number of anilines is 3. The van der Waals surface area contributed by atoms with E-state index < -0.39 is 6.03 Å². The number of nitrogens with one attached hydrogen (secondary N) is 2. The lowest BCUT2D eigenvalue weighted by molar-refractivity contribution is -0.122. The molecule has 3 amide bonds. The maximum atomic E-state index is 12.9. The van der Waals surface area contributed by atoms with Crippen LogP contribution < -0.4 is 25.0 Å². The van der Waals surface area contributed by atoms with Crippen molar-refractivity contribution in [2.24, 2.45) is 5.92 Å². The molecule has 30 heavy (non-hydrogen) atoms. The summed E-state index contributed by atoms with van der Waals surface area (Å²) in [6.07, 6.45) is 5.07. The standard InChI is InChI=1S/C23H27N3O4/c1-29-20-9-5-8-18(21(20)30-2)25-23(28)24-17-11-10-15-12-13-26(19(15)14-17)22(27)16-6-3-4-7-16/h5,8-11,14,16H,3-4,6-7,12-13H2,1-2H3,(H2,24,25,28). The summed E-state index contributed by atoms with van der Waals surface area (Å²) in [6.45, 7) is 0.710. The van der Waals surface area contributed by atoms with Crippen LogP contribution in [0.25, 0.3) is 0 Å². The molecule has 0 radical (unpaired) electrons. The van der Waals surface area contributed by atoms with Crippen molar-refractivity contribution in [3.8, 4) is 11.5 Å². The van der Waals surface area contributed by atoms with Gasteiger partial charge in [-0.3, -0.25) is 4.79 Å². The molecule has 1 fully saturated rings. The minimum atomic E-state index is -0.395. The third kappa shape index (κ3) is 3.92. The third-order valence-corrected chi connectivity index (χ3v) is 5.86. The summed E-state index contributed by atoms with van der Waals surface area (Å²) in [5.74, 6) is 1.34. The van der Waals surface area contributed by atoms with E-state index >= 15 is 0 Å². The fourth-order valence-corrected chi connectivity index (χ4v) is 4.35. The van der Waals surface area contributed by atoms with Crippen LogP contribution in [0.3, 0.4) is 0 Å². The van der Waals surface area contributed by atoms with E-state index in [0.29, 0.717) is 29.4 Å². The minimum absolute atomic E-state index is 0.136. The van der Waals surface area contributed by atoms with E-state index in [1.807, 2.05) is 23.1 Å². The third-order valence-electron chi connectivity index (χ3n) is 5.86. The molecule has 2 aromatic carbocycles. The van der Waals surface area contributed by atoms with Gasteiger partial charge in [0.1, 0.15) is 0 Å². The summed E-state index contributed by atoms with van der Waals surface area (Å²) in [5, 5.41) is 5.65. The zero-order chi connectivity index (χ0) is 21.1. The number of fused-ring (bicyclic) bond motifs is 1. The molecule has 4 rings (SSSR count). The van der Waals surface area contributed by atoms with E-state index in [4.69, 9.17) is 9.47 Å². The number of para-hydroxylation sites is 1. The van der Waals surface area contributed by atoms with Gasteiger partial charge >= 0.3 is 6.03 Å². The molecule has 2 N–H and O–H groups in total. The van der Waals surface area contributed by atoms with Crippen molar-refractivity contribution >= 4 is 29.0 Å². The second-order valence-electron chi connectivity index (χ2n) is 7.68. The molecule has 2 aliphatic rings. The summed E-state index contributed by atoms with van der Waals surface area (Å²) in [4.78, 5) is 27.4. The number of rotatable bonds is 5. The molecule has 2 aromatic rings. The molecule has 0 spiro atoms. The van der Waals surface area contributed by atoms with Gasteiger partial charge in [-0.15, -0.1) is 0 Å². The van der Waals surface area contributed by atoms with Crippen molar-refractivity contribution in [2.45, 2.75) is 32.1 Å². The number of hydrogen-bond acceptors (Lipinski definition) is 4. The average molecular weight is 409 g/mol. The first-order valence-corrected chi connectivity index (χ1v) is 10.3. The average Bonchev–Trinajstić information content (AvgIpc) is 3.43. The maximum Gasteiger partial charge on any atom is 0.323 e. The Morgan fingerprint density at radius 1 is 1.03 bits per heavy atom. The minimum Gasteiger partial charge on any atom is -0.493 e. The number of amides is 3. The van der Waals surface area contributed by atoms with Gasteiger partial charge in [-0.05, 0) is 49.1 Å². The smallest absolute Gasteiger partial charge is 0.323 e. The van der Waals surface area contributed by atoms with E-state index in [1.165, 1.54) is 7.11 Å². The Labute approximate surface area is 176 Å². The van der Waals surface area contributed by atoms with Crippen molar-refractivity contribution in [2.75, 3.05) is 36.3 Å². The Bertz CT molecular complexity index is 953. The molecule has 0 unspecified atom stereocenters. The lowest BCUT2D eigenvalue weighted by Crippen LogP contribution is -2.33. The largest absolute Gasteiger partial charge is 0.493 e. The molecule has 1 heterocycles. The van der Waals surface area contributed by atoms with Gasteiger partial charge in [0, 0.05) is 23.8 Å². The monoisotopic (exact) mass is 409 g/mol. The lowest BCUT2D eigenvalue weighted by atomic mass is 10.1. The quantitative estimate of drug-likeness (QED) is 0.766. The normalized spacial score (nSPS) is 15.6. The van der Waals surface area contributed by atoms with Gasteiger partial charge in [0.05, 0.1) is 19.9 Å². The van der Waals surface area contributed by atoms with Crippen molar-refractivity contribution in [3.63, 3.8) is 0 Å². The van der Waals surface area contributed by atoms with Crippen LogP contribution in [0.1, 0.15) is 31.2 Å². The van der Waals surface area contributed by atoms with Crippen molar-refractivity contribution < 1.29 is 19.1 Å². The fraction of sp³-hybridized carbons (Fsp3) is 0.391. The number of ether oxygens (including phenoxy) is 2. The summed E-state index contributed by atoms with van der Waals surface area (Å²) in [6, 6.07) is 10.6. The molecule has 1 aliphatic heterocycles. The van der Waals surface area contributed by atoms with Crippen LogP contribution in [-0.4, -0.2) is 32.7 Å². The van der Waals surface area contributed by atoms with E-state index in [1.54, 1.807) is 25.3 Å². The predicted octanol–water partition coefficient (Wildman–Crippen LogP) is 4.43. The second-order valence-corrected chi connectivity index (χ2v) is 7.68. The summed E-state index contributed by atoms with van der Waals surface area (Å²) >= 11 is 0. The van der Waals surface area contributed by atoms with Gasteiger partial charge in [0.2, 0.25) is 5.91 Å². The van der Waals surface area contributed by atoms with Crippen LogP contribution >= 0.6 is 0 Å². The van der Waals surface area contributed by atoms with Gasteiger partial charge in [-0.1, -0.05) is 25.0 Å². The number of methoxy groups -OCH3 is 2. The van der Waals surface area contributed by atoms with Gasteiger partial charge in [-0.25, -0.2) is 4.79 Å². The molecule has 1 saturated carbocycles. The molecule has 0 saturated heterocycles. The Hall–Kier alpha value is -3.22. The molecule has 7 nitrogen and oxygen atoms in total. The number of nitrogens with zero attached hydrogens (tertiary/aromatic N) is 1. The van der Waals surface area contributed by atoms with Gasteiger partial charge in [-0.2, -0.15) is 0 Å². The molecule has 0 aromatic heterocycles. The van der Waals surface area contributed by atoms with Crippen molar-refractivity contribution in [3.05, 3.63) is 42.0 Å². The Kier molecular flexibility index (Phi) is 5.79. The van der Waals surface area contributed by atoms with E-state index in [0.717, 1.165) is 43.4 Å². The number of carbonyl (C=O) groups excluding carboxylic acids is 2. The summed E-state index contributed by atoms with van der Waals surface area (Å²) in [7, 11) is 3.07. The summed E-state index contributed by atoms with van der Waals surface area (Å²) < 4.78 is 10.6. The predicted molar refractivity (Wildman–Crippen MR) is 117 cm³/mol. The zero-order valence-corrected chi connectivity index (χ0v) is 17.4. The molecular formula is C23H27N3O4. The number of hydrogen-bond donors (Lipinski definition) is 2. The Morgan fingerprint density at radius 3 is 2.57 bits per heavy atom.